The van der Waals surface area contributed by atoms with Crippen LogP contribution in [0, 0.1) is 0 Å². The number of nitrogens with zero attached hydrogens (tertiary/aromatic N) is 2. The highest BCUT2D eigenvalue weighted by Gasteiger charge is 2.06. The van der Waals surface area contributed by atoms with Gasteiger partial charge >= 0.3 is 0 Å². The first-order valence-electron chi connectivity index (χ1n) is 5.35. The molecule has 0 aliphatic rings. The van der Waals surface area contributed by atoms with E-state index in [1.54, 1.807) is 0 Å². The summed E-state index contributed by atoms with van der Waals surface area (Å²) in [7, 11) is 3.91. The molecule has 2 aromatic rings. The molecule has 2 rings (SSSR count). The molecule has 0 spiro atoms. The number of nitrogens with one attached hydrogen (secondary N) is 2. The van der Waals surface area contributed by atoms with Gasteiger partial charge in [0.25, 0.3) is 5.56 Å². The summed E-state index contributed by atoms with van der Waals surface area (Å²) >= 11 is 5.87. The molecule has 18 heavy (non-hydrogen) atoms. The highest BCUT2D eigenvalue weighted by molar-refractivity contribution is 6.32. The van der Waals surface area contributed by atoms with Crippen molar-refractivity contribution in [1.29, 1.82) is 0 Å². The molecule has 0 amide bonds. The molecule has 0 fully saturated rings. The lowest BCUT2D eigenvalue weighted by Gasteiger charge is -2.14. The van der Waals surface area contributed by atoms with Crippen molar-refractivity contribution in [2.75, 3.05) is 24.3 Å². The molecule has 0 bridgehead atoms. The van der Waals surface area contributed by atoms with Crippen LogP contribution in [0.3, 0.4) is 0 Å². The summed E-state index contributed by atoms with van der Waals surface area (Å²) in [5.74, 6) is 0.344. The number of rotatable bonds is 3. The fourth-order valence-electron chi connectivity index (χ4n) is 1.47. The fourth-order valence-corrected chi connectivity index (χ4v) is 1.62. The number of H-pyrrole nitrogens is 1. The molecule has 1 heterocycles. The van der Waals surface area contributed by atoms with Crippen molar-refractivity contribution in [2.24, 2.45) is 0 Å². The average molecular weight is 265 g/mol. The van der Waals surface area contributed by atoms with Gasteiger partial charge in [0.1, 0.15) is 5.02 Å². The average Bonchev–Trinajstić information content (AvgIpc) is 2.35. The van der Waals surface area contributed by atoms with Crippen molar-refractivity contribution in [3.63, 3.8) is 0 Å². The molecule has 1 aromatic heterocycles. The monoisotopic (exact) mass is 264 g/mol. The van der Waals surface area contributed by atoms with E-state index < -0.39 is 0 Å². The molecule has 2 N–H and O–H groups in total. The Morgan fingerprint density at radius 2 is 2.17 bits per heavy atom. The van der Waals surface area contributed by atoms with E-state index in [-0.39, 0.29) is 10.6 Å². The van der Waals surface area contributed by atoms with Gasteiger partial charge in [-0.3, -0.25) is 4.79 Å². The number of halogens is 1. The topological polar surface area (TPSA) is 61.0 Å². The van der Waals surface area contributed by atoms with Crippen LogP contribution in [0.4, 0.5) is 17.2 Å². The third kappa shape index (κ3) is 2.62. The van der Waals surface area contributed by atoms with Crippen LogP contribution in [-0.2, 0) is 0 Å². The van der Waals surface area contributed by atoms with Crippen LogP contribution in [0.5, 0.6) is 0 Å². The molecule has 6 heteroatoms. The van der Waals surface area contributed by atoms with Gasteiger partial charge in [0.2, 0.25) is 0 Å². The summed E-state index contributed by atoms with van der Waals surface area (Å²) in [6.45, 7) is 0. The normalized spacial score (nSPS) is 10.2. The van der Waals surface area contributed by atoms with Crippen LogP contribution in [0.1, 0.15) is 0 Å². The first-order valence-corrected chi connectivity index (χ1v) is 5.73. The van der Waals surface area contributed by atoms with Gasteiger partial charge in [-0.2, -0.15) is 0 Å². The second kappa shape index (κ2) is 5.10. The maximum atomic E-state index is 11.3. The predicted octanol–water partition coefficient (Wildman–Crippen LogP) is 2.23. The zero-order chi connectivity index (χ0) is 13.1. The summed E-state index contributed by atoms with van der Waals surface area (Å²) in [5, 5.41) is 3.07. The lowest BCUT2D eigenvalue weighted by molar-refractivity contribution is 1.12. The van der Waals surface area contributed by atoms with Gasteiger partial charge in [-0.05, 0) is 18.2 Å². The Labute approximate surface area is 109 Å². The maximum Gasteiger partial charge on any atom is 0.271 e. The van der Waals surface area contributed by atoms with E-state index in [0.29, 0.717) is 5.82 Å². The Hall–Kier alpha value is -2.01. The second-order valence-corrected chi connectivity index (χ2v) is 4.34. The van der Waals surface area contributed by atoms with Crippen molar-refractivity contribution in [3.05, 3.63) is 46.0 Å². The minimum Gasteiger partial charge on any atom is -0.378 e. The molecular weight excluding hydrogens is 252 g/mol. The summed E-state index contributed by atoms with van der Waals surface area (Å²) in [5.41, 5.74) is 1.50. The standard InChI is InChI=1S/C12H13ClN4O/c1-17(2)9-5-3-4-8(6-9)16-11-10(13)12(18)15-7-14-11/h3-7H,1-2H3,(H2,14,15,16,18). The van der Waals surface area contributed by atoms with Gasteiger partial charge in [-0.15, -0.1) is 0 Å². The van der Waals surface area contributed by atoms with E-state index >= 15 is 0 Å². The van der Waals surface area contributed by atoms with Gasteiger partial charge in [0, 0.05) is 25.5 Å². The molecule has 0 saturated carbocycles. The number of aromatic nitrogens is 2. The number of hydrogen-bond acceptors (Lipinski definition) is 4. The van der Waals surface area contributed by atoms with Crippen LogP contribution in [0.15, 0.2) is 35.4 Å². The number of benzene rings is 1. The van der Waals surface area contributed by atoms with Crippen molar-refractivity contribution < 1.29 is 0 Å². The number of hydrogen-bond donors (Lipinski definition) is 2. The summed E-state index contributed by atoms with van der Waals surface area (Å²) < 4.78 is 0. The fraction of sp³-hybridized carbons (Fsp3) is 0.167. The zero-order valence-electron chi connectivity index (χ0n) is 10.1. The van der Waals surface area contributed by atoms with Crippen LogP contribution in [0.2, 0.25) is 5.02 Å². The molecule has 1 aromatic carbocycles. The molecule has 0 unspecified atom stereocenters. The van der Waals surface area contributed by atoms with Gasteiger partial charge in [0.05, 0.1) is 6.33 Å². The lowest BCUT2D eigenvalue weighted by atomic mass is 10.2. The minimum atomic E-state index is -0.363. The van der Waals surface area contributed by atoms with Gasteiger partial charge in [0.15, 0.2) is 5.82 Å². The third-order valence-corrected chi connectivity index (χ3v) is 2.77. The van der Waals surface area contributed by atoms with Crippen LogP contribution in [0.25, 0.3) is 0 Å². The van der Waals surface area contributed by atoms with Crippen LogP contribution in [-0.4, -0.2) is 24.1 Å². The van der Waals surface area contributed by atoms with E-state index in [1.807, 2.05) is 43.3 Å². The van der Waals surface area contributed by atoms with Crippen molar-refractivity contribution in [2.45, 2.75) is 0 Å². The molecule has 0 aliphatic carbocycles. The summed E-state index contributed by atoms with van der Waals surface area (Å²) in [6, 6.07) is 7.72. The lowest BCUT2D eigenvalue weighted by Crippen LogP contribution is -2.10. The Morgan fingerprint density at radius 1 is 1.39 bits per heavy atom. The van der Waals surface area contributed by atoms with E-state index in [2.05, 4.69) is 15.3 Å². The second-order valence-electron chi connectivity index (χ2n) is 3.96. The maximum absolute atomic E-state index is 11.3. The highest BCUT2D eigenvalue weighted by Crippen LogP contribution is 2.22. The van der Waals surface area contributed by atoms with Crippen LogP contribution < -0.4 is 15.8 Å². The molecule has 0 radical (unpaired) electrons. The molecule has 0 atom stereocenters. The Kier molecular flexibility index (Phi) is 3.53. The summed E-state index contributed by atoms with van der Waals surface area (Å²) in [6.07, 6.45) is 1.31. The molecule has 5 nitrogen and oxygen atoms in total. The first-order chi connectivity index (χ1) is 8.58. The van der Waals surface area contributed by atoms with Crippen molar-refractivity contribution in [3.8, 4) is 0 Å². The predicted molar refractivity (Wildman–Crippen MR) is 73.9 cm³/mol. The minimum absolute atomic E-state index is 0.0488. The Morgan fingerprint density at radius 3 is 2.89 bits per heavy atom. The van der Waals surface area contributed by atoms with Gasteiger partial charge in [-0.1, -0.05) is 17.7 Å². The van der Waals surface area contributed by atoms with E-state index in [4.69, 9.17) is 11.6 Å². The van der Waals surface area contributed by atoms with Crippen molar-refractivity contribution in [1.82, 2.24) is 9.97 Å². The van der Waals surface area contributed by atoms with E-state index in [9.17, 15) is 4.79 Å². The zero-order valence-corrected chi connectivity index (χ0v) is 10.8. The SMILES string of the molecule is CN(C)c1cccc(Nc2nc[nH]c(=O)c2Cl)c1. The summed E-state index contributed by atoms with van der Waals surface area (Å²) in [4.78, 5) is 19.7. The molecule has 0 saturated heterocycles. The van der Waals surface area contributed by atoms with E-state index in [0.717, 1.165) is 11.4 Å². The largest absolute Gasteiger partial charge is 0.378 e. The smallest absolute Gasteiger partial charge is 0.271 e. The quantitative estimate of drug-likeness (QED) is 0.893. The molecule has 94 valence electrons. The van der Waals surface area contributed by atoms with Crippen molar-refractivity contribution >= 4 is 28.8 Å². The Bertz CT molecular complexity index is 609. The number of aromatic amines is 1. The van der Waals surface area contributed by atoms with Gasteiger partial charge < -0.3 is 15.2 Å². The highest BCUT2D eigenvalue weighted by atomic mass is 35.5. The molecule has 0 aliphatic heterocycles. The first kappa shape index (κ1) is 12.4. The number of anilines is 3. The van der Waals surface area contributed by atoms with Gasteiger partial charge in [-0.25, -0.2) is 4.98 Å². The molecular formula is C12H13ClN4O. The van der Waals surface area contributed by atoms with Crippen LogP contribution >= 0.6 is 11.6 Å². The Balaban J connectivity index is 2.31. The third-order valence-electron chi connectivity index (χ3n) is 2.42. The van der Waals surface area contributed by atoms with E-state index in [1.165, 1.54) is 6.33 Å².